The third-order valence-corrected chi connectivity index (χ3v) is 4.64. The van der Waals surface area contributed by atoms with Crippen LogP contribution in [0.2, 0.25) is 5.02 Å². The maximum Gasteiger partial charge on any atom is 0.337 e. The number of amides is 2. The zero-order valence-electron chi connectivity index (χ0n) is 12.3. The number of carbonyl (C=O) groups is 3. The number of furan rings is 1. The van der Waals surface area contributed by atoms with Crippen LogP contribution >= 0.6 is 23.4 Å². The van der Waals surface area contributed by atoms with E-state index < -0.39 is 5.97 Å². The Morgan fingerprint density at radius 3 is 2.62 bits per heavy atom. The fraction of sp³-hybridized carbons (Fsp3) is 0.0625. The number of likely N-dealkylation sites (N-methyl/N-ethyl adjacent to an activating group) is 1. The molecule has 122 valence electrons. The van der Waals surface area contributed by atoms with Crippen molar-refractivity contribution in [1.82, 2.24) is 4.90 Å². The summed E-state index contributed by atoms with van der Waals surface area (Å²) < 4.78 is 5.63. The molecule has 8 heteroatoms. The molecule has 0 aliphatic carbocycles. The second-order valence-corrected chi connectivity index (χ2v) is 6.34. The Labute approximate surface area is 145 Å². The van der Waals surface area contributed by atoms with Gasteiger partial charge in [0.05, 0.1) is 15.5 Å². The van der Waals surface area contributed by atoms with Crippen LogP contribution in [0.4, 0.5) is 4.79 Å². The van der Waals surface area contributed by atoms with Crippen LogP contribution in [0.25, 0.3) is 17.4 Å². The van der Waals surface area contributed by atoms with Gasteiger partial charge in [0.25, 0.3) is 11.1 Å². The van der Waals surface area contributed by atoms with Crippen molar-refractivity contribution in [2.75, 3.05) is 7.05 Å². The molecule has 1 aliphatic rings. The standard InChI is InChI=1S/C16H10ClNO5S/c1-18-14(19)13(24-16(18)22)7-9-3-5-12(23-9)8-2-4-10(15(20)21)11(17)6-8/h2-7H,1H3,(H,20,21)/b13-7-. The number of halogens is 1. The number of benzene rings is 1. The van der Waals surface area contributed by atoms with Crippen LogP contribution in [0, 0.1) is 0 Å². The van der Waals surface area contributed by atoms with E-state index >= 15 is 0 Å². The Kier molecular flexibility index (Phi) is 4.21. The third kappa shape index (κ3) is 2.95. The first kappa shape index (κ1) is 16.4. The summed E-state index contributed by atoms with van der Waals surface area (Å²) in [5.74, 6) is -0.614. The Morgan fingerprint density at radius 1 is 1.29 bits per heavy atom. The number of rotatable bonds is 3. The van der Waals surface area contributed by atoms with Crippen molar-refractivity contribution in [2.45, 2.75) is 0 Å². The van der Waals surface area contributed by atoms with E-state index in [1.54, 1.807) is 18.2 Å². The van der Waals surface area contributed by atoms with Crippen molar-refractivity contribution in [3.8, 4) is 11.3 Å². The highest BCUT2D eigenvalue weighted by Gasteiger charge is 2.32. The van der Waals surface area contributed by atoms with E-state index in [1.807, 2.05) is 0 Å². The van der Waals surface area contributed by atoms with E-state index in [0.717, 1.165) is 16.7 Å². The molecular weight excluding hydrogens is 354 g/mol. The van der Waals surface area contributed by atoms with Crippen molar-refractivity contribution in [3.05, 3.63) is 51.6 Å². The largest absolute Gasteiger partial charge is 0.478 e. The van der Waals surface area contributed by atoms with Crippen molar-refractivity contribution >= 4 is 46.6 Å². The minimum atomic E-state index is -1.11. The molecule has 0 unspecified atom stereocenters. The summed E-state index contributed by atoms with van der Waals surface area (Å²) in [7, 11) is 1.41. The van der Waals surface area contributed by atoms with E-state index in [2.05, 4.69) is 0 Å². The lowest BCUT2D eigenvalue weighted by Crippen LogP contribution is -2.22. The van der Waals surface area contributed by atoms with Crippen molar-refractivity contribution in [1.29, 1.82) is 0 Å². The first-order valence-corrected chi connectivity index (χ1v) is 7.91. The van der Waals surface area contributed by atoms with Crippen LogP contribution in [0.5, 0.6) is 0 Å². The van der Waals surface area contributed by atoms with Gasteiger partial charge in [0.1, 0.15) is 11.5 Å². The summed E-state index contributed by atoms with van der Waals surface area (Å²) in [6.07, 6.45) is 1.49. The molecule has 0 saturated carbocycles. The normalized spacial score (nSPS) is 16.2. The number of carbonyl (C=O) groups excluding carboxylic acids is 2. The summed E-state index contributed by atoms with van der Waals surface area (Å²) in [6, 6.07) is 7.79. The summed E-state index contributed by atoms with van der Waals surface area (Å²) in [4.78, 5) is 35.6. The summed E-state index contributed by atoms with van der Waals surface area (Å²) in [5, 5.41) is 8.74. The van der Waals surface area contributed by atoms with Crippen LogP contribution < -0.4 is 0 Å². The number of hydrogen-bond donors (Lipinski definition) is 1. The van der Waals surface area contributed by atoms with Gasteiger partial charge in [-0.15, -0.1) is 0 Å². The minimum Gasteiger partial charge on any atom is -0.478 e. The zero-order chi connectivity index (χ0) is 17.4. The molecule has 1 saturated heterocycles. The molecular formula is C16H10ClNO5S. The van der Waals surface area contributed by atoms with Gasteiger partial charge in [-0.2, -0.15) is 0 Å². The van der Waals surface area contributed by atoms with Gasteiger partial charge in [0.15, 0.2) is 0 Å². The second-order valence-electron chi connectivity index (χ2n) is 4.94. The van der Waals surface area contributed by atoms with Gasteiger partial charge in [-0.05, 0) is 36.0 Å². The highest BCUT2D eigenvalue weighted by molar-refractivity contribution is 8.18. The van der Waals surface area contributed by atoms with Gasteiger partial charge >= 0.3 is 5.97 Å². The van der Waals surface area contributed by atoms with Gasteiger partial charge in [0.2, 0.25) is 0 Å². The molecule has 1 aromatic heterocycles. The quantitative estimate of drug-likeness (QED) is 0.830. The van der Waals surface area contributed by atoms with Crippen LogP contribution in [-0.4, -0.2) is 34.2 Å². The number of carboxylic acids is 1. The lowest BCUT2D eigenvalue weighted by atomic mass is 10.1. The molecule has 3 rings (SSSR count). The molecule has 1 N–H and O–H groups in total. The van der Waals surface area contributed by atoms with Crippen LogP contribution in [-0.2, 0) is 4.79 Å². The van der Waals surface area contributed by atoms with Crippen LogP contribution in [0.3, 0.4) is 0 Å². The highest BCUT2D eigenvalue weighted by atomic mass is 35.5. The molecule has 2 amide bonds. The predicted octanol–water partition coefficient (Wildman–Crippen LogP) is 3.96. The van der Waals surface area contributed by atoms with Crippen molar-refractivity contribution in [3.63, 3.8) is 0 Å². The van der Waals surface area contributed by atoms with E-state index in [9.17, 15) is 14.4 Å². The van der Waals surface area contributed by atoms with E-state index in [4.69, 9.17) is 21.1 Å². The predicted molar refractivity (Wildman–Crippen MR) is 89.8 cm³/mol. The first-order chi connectivity index (χ1) is 11.4. The van der Waals surface area contributed by atoms with Gasteiger partial charge in [0, 0.05) is 18.7 Å². The first-order valence-electron chi connectivity index (χ1n) is 6.71. The molecule has 2 aromatic rings. The molecule has 1 fully saturated rings. The number of thioether (sulfide) groups is 1. The molecule has 24 heavy (non-hydrogen) atoms. The Balaban J connectivity index is 1.89. The van der Waals surface area contributed by atoms with Crippen LogP contribution in [0.1, 0.15) is 16.1 Å². The van der Waals surface area contributed by atoms with E-state index in [1.165, 1.54) is 25.3 Å². The lowest BCUT2D eigenvalue weighted by molar-refractivity contribution is -0.121. The van der Waals surface area contributed by atoms with Gasteiger partial charge in [-0.3, -0.25) is 14.5 Å². The highest BCUT2D eigenvalue weighted by Crippen LogP contribution is 2.33. The number of carboxylic acid groups (broad SMARTS) is 1. The second kappa shape index (κ2) is 6.18. The summed E-state index contributed by atoms with van der Waals surface area (Å²) in [5.41, 5.74) is 0.608. The van der Waals surface area contributed by atoms with Crippen molar-refractivity contribution < 1.29 is 23.9 Å². The lowest BCUT2D eigenvalue weighted by Gasteiger charge is -2.02. The minimum absolute atomic E-state index is 0.00353. The Morgan fingerprint density at radius 2 is 2.04 bits per heavy atom. The zero-order valence-corrected chi connectivity index (χ0v) is 13.9. The third-order valence-electron chi connectivity index (χ3n) is 3.37. The number of nitrogens with zero attached hydrogens (tertiary/aromatic N) is 1. The van der Waals surface area contributed by atoms with Gasteiger partial charge < -0.3 is 9.52 Å². The van der Waals surface area contributed by atoms with E-state index in [-0.39, 0.29) is 26.6 Å². The fourth-order valence-corrected chi connectivity index (χ4v) is 3.17. The summed E-state index contributed by atoms with van der Waals surface area (Å²) in [6.45, 7) is 0. The smallest absolute Gasteiger partial charge is 0.337 e. The van der Waals surface area contributed by atoms with Gasteiger partial charge in [-0.1, -0.05) is 17.7 Å². The molecule has 0 spiro atoms. The maximum absolute atomic E-state index is 11.8. The topological polar surface area (TPSA) is 87.8 Å². The molecule has 0 bridgehead atoms. The Bertz CT molecular complexity index is 902. The molecule has 2 heterocycles. The molecule has 0 atom stereocenters. The van der Waals surface area contributed by atoms with Crippen molar-refractivity contribution in [2.24, 2.45) is 0 Å². The average molecular weight is 364 g/mol. The number of aromatic carboxylic acids is 1. The molecule has 6 nitrogen and oxygen atoms in total. The average Bonchev–Trinajstić information content (AvgIpc) is 3.09. The maximum atomic E-state index is 11.8. The summed E-state index contributed by atoms with van der Waals surface area (Å²) >= 11 is 6.79. The fourth-order valence-electron chi connectivity index (χ4n) is 2.10. The monoisotopic (exact) mass is 363 g/mol. The molecule has 1 aromatic carbocycles. The molecule has 1 aliphatic heterocycles. The Hall–Kier alpha value is -2.51. The van der Waals surface area contributed by atoms with Crippen LogP contribution in [0.15, 0.2) is 39.7 Å². The SMILES string of the molecule is CN1C(=O)S/C(=C\c2ccc(-c3ccc(C(=O)O)c(Cl)c3)o2)C1=O. The van der Waals surface area contributed by atoms with Gasteiger partial charge in [-0.25, -0.2) is 4.79 Å². The number of hydrogen-bond acceptors (Lipinski definition) is 5. The van der Waals surface area contributed by atoms with E-state index in [0.29, 0.717) is 17.1 Å². The molecule has 0 radical (unpaired) electrons. The number of imide groups is 1.